The highest BCUT2D eigenvalue weighted by Gasteiger charge is 2.17. The third-order valence-corrected chi connectivity index (χ3v) is 3.70. The Bertz CT molecular complexity index is 662. The fourth-order valence-corrected chi connectivity index (χ4v) is 2.22. The zero-order valence-corrected chi connectivity index (χ0v) is 13.3. The van der Waals surface area contributed by atoms with Crippen LogP contribution in [0.2, 0.25) is 0 Å². The number of anilines is 1. The number of nitro groups is 1. The van der Waals surface area contributed by atoms with Gasteiger partial charge >= 0.3 is 0 Å². The van der Waals surface area contributed by atoms with E-state index >= 15 is 0 Å². The molecule has 2 aromatic carbocycles. The van der Waals surface area contributed by atoms with Crippen LogP contribution in [-0.2, 0) is 6.54 Å². The predicted octanol–water partition coefficient (Wildman–Crippen LogP) is 3.96. The summed E-state index contributed by atoms with van der Waals surface area (Å²) < 4.78 is 18.8. The van der Waals surface area contributed by atoms with Crippen molar-refractivity contribution in [3.05, 3.63) is 61.5 Å². The van der Waals surface area contributed by atoms with Crippen molar-refractivity contribution in [1.82, 2.24) is 0 Å². The Labute approximate surface area is 134 Å². The Hall–Kier alpha value is -1.90. The Kier molecular flexibility index (Phi) is 4.94. The third-order valence-electron chi connectivity index (χ3n) is 2.88. The molecule has 0 radical (unpaired) electrons. The van der Waals surface area contributed by atoms with Crippen molar-refractivity contribution in [2.75, 3.05) is 12.4 Å². The summed E-state index contributed by atoms with van der Waals surface area (Å²) in [6, 6.07) is 9.61. The first-order valence-electron chi connectivity index (χ1n) is 6.01. The summed E-state index contributed by atoms with van der Waals surface area (Å²) in [6.07, 6.45) is 0. The molecule has 0 spiro atoms. The van der Waals surface area contributed by atoms with Gasteiger partial charge in [0.2, 0.25) is 0 Å². The highest BCUT2D eigenvalue weighted by molar-refractivity contribution is 14.1. The maximum atomic E-state index is 13.6. The normalized spacial score (nSPS) is 10.2. The van der Waals surface area contributed by atoms with Gasteiger partial charge in [0.25, 0.3) is 5.69 Å². The van der Waals surface area contributed by atoms with Crippen LogP contribution in [0.3, 0.4) is 0 Å². The van der Waals surface area contributed by atoms with Crippen LogP contribution < -0.4 is 10.1 Å². The number of nitrogens with zero attached hydrogens (tertiary/aromatic N) is 1. The van der Waals surface area contributed by atoms with Gasteiger partial charge in [-0.3, -0.25) is 10.1 Å². The first-order valence-corrected chi connectivity index (χ1v) is 7.09. The summed E-state index contributed by atoms with van der Waals surface area (Å²) in [7, 11) is 1.57. The van der Waals surface area contributed by atoms with E-state index in [0.29, 0.717) is 6.54 Å². The lowest BCUT2D eigenvalue weighted by Gasteiger charge is -2.09. The Balaban J connectivity index is 2.18. The van der Waals surface area contributed by atoms with E-state index in [1.54, 1.807) is 41.8 Å². The topological polar surface area (TPSA) is 64.4 Å². The van der Waals surface area contributed by atoms with E-state index in [1.165, 1.54) is 6.07 Å². The minimum atomic E-state index is -0.530. The molecule has 0 heterocycles. The fourth-order valence-electron chi connectivity index (χ4n) is 1.77. The second kappa shape index (κ2) is 6.70. The zero-order valence-electron chi connectivity index (χ0n) is 11.1. The van der Waals surface area contributed by atoms with Crippen molar-refractivity contribution in [2.45, 2.75) is 6.54 Å². The van der Waals surface area contributed by atoms with Crippen molar-refractivity contribution in [1.29, 1.82) is 0 Å². The number of benzene rings is 2. The summed E-state index contributed by atoms with van der Waals surface area (Å²) in [6.45, 7) is 0.352. The van der Waals surface area contributed by atoms with Gasteiger partial charge in [-0.1, -0.05) is 12.1 Å². The zero-order chi connectivity index (χ0) is 15.4. The largest absolute Gasteiger partial charge is 0.497 e. The lowest BCUT2D eigenvalue weighted by atomic mass is 10.2. The molecular weight excluding hydrogens is 390 g/mol. The lowest BCUT2D eigenvalue weighted by Crippen LogP contribution is -2.04. The van der Waals surface area contributed by atoms with Crippen LogP contribution in [0.15, 0.2) is 36.4 Å². The number of hydrogen-bond acceptors (Lipinski definition) is 4. The molecule has 0 aliphatic heterocycles. The Morgan fingerprint density at radius 2 is 2.00 bits per heavy atom. The number of hydrogen-bond donors (Lipinski definition) is 1. The minimum absolute atomic E-state index is 0.144. The molecule has 0 aliphatic rings. The molecule has 0 fully saturated rings. The van der Waals surface area contributed by atoms with Gasteiger partial charge in [0.15, 0.2) is 0 Å². The molecule has 7 heteroatoms. The van der Waals surface area contributed by atoms with Crippen molar-refractivity contribution in [3.8, 4) is 5.75 Å². The molecule has 0 aromatic heterocycles. The van der Waals surface area contributed by atoms with E-state index in [0.717, 1.165) is 17.4 Å². The summed E-state index contributed by atoms with van der Waals surface area (Å²) in [5.41, 5.74) is 0.923. The minimum Gasteiger partial charge on any atom is -0.497 e. The smallest absolute Gasteiger partial charge is 0.293 e. The molecule has 2 rings (SSSR count). The SMILES string of the molecule is COc1ccc(CNc2cc(F)c(I)cc2[N+](=O)[O-])cc1. The van der Waals surface area contributed by atoms with Gasteiger partial charge < -0.3 is 10.1 Å². The van der Waals surface area contributed by atoms with Gasteiger partial charge in [0.05, 0.1) is 15.6 Å². The van der Waals surface area contributed by atoms with E-state index in [4.69, 9.17) is 4.74 Å². The molecular formula is C14H12FIN2O3. The number of halogens is 2. The highest BCUT2D eigenvalue weighted by atomic mass is 127. The maximum Gasteiger partial charge on any atom is 0.293 e. The molecule has 0 unspecified atom stereocenters. The molecule has 1 N–H and O–H groups in total. The Morgan fingerprint density at radius 3 is 2.57 bits per heavy atom. The van der Waals surface area contributed by atoms with Crippen LogP contribution >= 0.6 is 22.6 Å². The molecule has 110 valence electrons. The molecule has 21 heavy (non-hydrogen) atoms. The van der Waals surface area contributed by atoms with Crippen molar-refractivity contribution >= 4 is 34.0 Å². The summed E-state index contributed by atoms with van der Waals surface area (Å²) >= 11 is 1.73. The average Bonchev–Trinajstić information content (AvgIpc) is 2.48. The number of methoxy groups -OCH3 is 1. The molecule has 0 bridgehead atoms. The quantitative estimate of drug-likeness (QED) is 0.467. The van der Waals surface area contributed by atoms with Gasteiger partial charge in [0, 0.05) is 18.7 Å². The average molecular weight is 402 g/mol. The van der Waals surface area contributed by atoms with Crippen LogP contribution in [0.1, 0.15) is 5.56 Å². The lowest BCUT2D eigenvalue weighted by molar-refractivity contribution is -0.384. The van der Waals surface area contributed by atoms with Gasteiger partial charge in [-0.15, -0.1) is 0 Å². The third kappa shape index (κ3) is 3.81. The van der Waals surface area contributed by atoms with Crippen molar-refractivity contribution in [3.63, 3.8) is 0 Å². The molecule has 0 atom stereocenters. The molecule has 5 nitrogen and oxygen atoms in total. The Morgan fingerprint density at radius 1 is 1.33 bits per heavy atom. The van der Waals surface area contributed by atoms with E-state index in [1.807, 2.05) is 12.1 Å². The molecule has 0 saturated heterocycles. The predicted molar refractivity (Wildman–Crippen MR) is 86.1 cm³/mol. The second-order valence-corrected chi connectivity index (χ2v) is 5.40. The maximum absolute atomic E-state index is 13.6. The first kappa shape index (κ1) is 15.5. The summed E-state index contributed by atoms with van der Waals surface area (Å²) in [5, 5.41) is 13.9. The van der Waals surface area contributed by atoms with Gasteiger partial charge in [0.1, 0.15) is 17.3 Å². The molecule has 0 aliphatic carbocycles. The van der Waals surface area contributed by atoms with Gasteiger partial charge in [-0.2, -0.15) is 0 Å². The molecule has 0 saturated carbocycles. The number of ether oxygens (including phenoxy) is 1. The van der Waals surface area contributed by atoms with E-state index in [-0.39, 0.29) is 14.9 Å². The number of nitro benzene ring substituents is 1. The van der Waals surface area contributed by atoms with Crippen LogP contribution in [0.4, 0.5) is 15.8 Å². The highest BCUT2D eigenvalue weighted by Crippen LogP contribution is 2.29. The van der Waals surface area contributed by atoms with Crippen LogP contribution in [0.25, 0.3) is 0 Å². The fraction of sp³-hybridized carbons (Fsp3) is 0.143. The van der Waals surface area contributed by atoms with Crippen LogP contribution in [0, 0.1) is 19.5 Å². The van der Waals surface area contributed by atoms with E-state index < -0.39 is 10.7 Å². The second-order valence-electron chi connectivity index (χ2n) is 4.24. The standard InChI is InChI=1S/C14H12FIN2O3/c1-21-10-4-2-9(3-5-10)8-17-13-6-11(15)12(16)7-14(13)18(19)20/h2-7,17H,8H2,1H3. The number of nitrogens with one attached hydrogen (secondary N) is 1. The monoisotopic (exact) mass is 402 g/mol. The summed E-state index contributed by atoms with van der Waals surface area (Å²) in [5.74, 6) is 0.239. The van der Waals surface area contributed by atoms with Gasteiger partial charge in [-0.25, -0.2) is 4.39 Å². The van der Waals surface area contributed by atoms with Crippen LogP contribution in [0.5, 0.6) is 5.75 Å². The van der Waals surface area contributed by atoms with E-state index in [9.17, 15) is 14.5 Å². The van der Waals surface area contributed by atoms with E-state index in [2.05, 4.69) is 5.32 Å². The van der Waals surface area contributed by atoms with Gasteiger partial charge in [-0.05, 0) is 40.3 Å². The number of rotatable bonds is 5. The molecule has 0 amide bonds. The van der Waals surface area contributed by atoms with Crippen molar-refractivity contribution in [2.24, 2.45) is 0 Å². The first-order chi connectivity index (χ1) is 10.0. The summed E-state index contributed by atoms with van der Waals surface area (Å²) in [4.78, 5) is 10.5. The molecule has 2 aromatic rings. The van der Waals surface area contributed by atoms with Crippen LogP contribution in [-0.4, -0.2) is 12.0 Å². The van der Waals surface area contributed by atoms with Crippen molar-refractivity contribution < 1.29 is 14.1 Å².